The quantitative estimate of drug-likeness (QED) is 0.146. The number of carbonyl (C=O) groups excluding carboxylic acids is 1. The number of aliphatic hydroxyl groups excluding tert-OH is 1. The summed E-state index contributed by atoms with van der Waals surface area (Å²) in [5.41, 5.74) is 4.69. The van der Waals surface area contributed by atoms with Crippen LogP contribution in [0.2, 0.25) is 0 Å². The maximum absolute atomic E-state index is 15.1. The van der Waals surface area contributed by atoms with E-state index in [0.29, 0.717) is 46.5 Å². The summed E-state index contributed by atoms with van der Waals surface area (Å²) >= 11 is 0. The van der Waals surface area contributed by atoms with Crippen LogP contribution in [-0.2, 0) is 0 Å². The first-order chi connectivity index (χ1) is 24.7. The van der Waals surface area contributed by atoms with Crippen molar-refractivity contribution in [1.82, 2.24) is 30.1 Å². The number of aliphatic hydroxyl groups is 1. The molecule has 2 aromatic heterocycles. The lowest BCUT2D eigenvalue weighted by atomic mass is 9.94. The zero-order chi connectivity index (χ0) is 35.5. The Kier molecular flexibility index (Phi) is 10.9. The Balaban J connectivity index is 0.997. The Morgan fingerprint density at radius 1 is 1.04 bits per heavy atom. The smallest absolute Gasteiger partial charge is 0.321 e. The molecule has 10 nitrogen and oxygen atoms in total. The van der Waals surface area contributed by atoms with E-state index in [9.17, 15) is 9.90 Å². The maximum atomic E-state index is 15.1. The van der Waals surface area contributed by atoms with Crippen molar-refractivity contribution in [3.05, 3.63) is 60.2 Å². The molecule has 2 amide bonds. The molecule has 2 unspecified atom stereocenters. The molecule has 0 saturated carbocycles. The van der Waals surface area contributed by atoms with Crippen molar-refractivity contribution in [2.75, 3.05) is 57.7 Å². The van der Waals surface area contributed by atoms with E-state index in [-0.39, 0.29) is 18.5 Å². The Morgan fingerprint density at radius 3 is 2.55 bits per heavy atom. The number of aromatic nitrogens is 3. The van der Waals surface area contributed by atoms with Crippen LogP contribution in [-0.4, -0.2) is 94.4 Å². The second-order valence-corrected chi connectivity index (χ2v) is 15.4. The number of anilines is 1. The van der Waals surface area contributed by atoms with Gasteiger partial charge in [-0.05, 0) is 137 Å². The molecule has 3 aliphatic heterocycles. The average Bonchev–Trinajstić information content (AvgIpc) is 3.73. The molecular formula is C40H52FN7O3. The van der Waals surface area contributed by atoms with E-state index < -0.39 is 11.9 Å². The van der Waals surface area contributed by atoms with Crippen molar-refractivity contribution in [3.8, 4) is 28.3 Å². The summed E-state index contributed by atoms with van der Waals surface area (Å²) in [5, 5.41) is 17.6. The number of β-amino-alcohol motifs (C(OH)–C–C–N with tert-alkyl or cyclic N) is 1. The topological polar surface area (TPSA) is 119 Å². The van der Waals surface area contributed by atoms with Gasteiger partial charge in [-0.25, -0.2) is 19.2 Å². The third kappa shape index (κ3) is 8.37. The fourth-order valence-electron chi connectivity index (χ4n) is 8.13. The van der Waals surface area contributed by atoms with E-state index in [1.54, 1.807) is 4.90 Å². The fourth-order valence-corrected chi connectivity index (χ4v) is 8.13. The average molecular weight is 698 g/mol. The van der Waals surface area contributed by atoms with Crippen LogP contribution in [0.25, 0.3) is 33.5 Å². The van der Waals surface area contributed by atoms with Gasteiger partial charge in [-0.1, -0.05) is 13.8 Å². The number of benzene rings is 2. The molecule has 5 heterocycles. The van der Waals surface area contributed by atoms with Gasteiger partial charge in [0.2, 0.25) is 0 Å². The molecule has 2 aromatic carbocycles. The molecule has 3 aliphatic rings. The zero-order valence-corrected chi connectivity index (χ0v) is 30.1. The summed E-state index contributed by atoms with van der Waals surface area (Å²) in [6.07, 6.45) is 6.70. The minimum atomic E-state index is -0.564. The van der Waals surface area contributed by atoms with E-state index in [0.717, 1.165) is 67.5 Å². The van der Waals surface area contributed by atoms with E-state index in [2.05, 4.69) is 44.3 Å². The predicted octanol–water partition coefficient (Wildman–Crippen LogP) is 6.70. The van der Waals surface area contributed by atoms with E-state index in [1.165, 1.54) is 50.7 Å². The molecule has 272 valence electrons. The molecule has 0 bridgehead atoms. The summed E-state index contributed by atoms with van der Waals surface area (Å²) < 4.78 is 21.3. The number of carbonyl (C=O) groups is 1. The molecule has 0 radical (unpaired) electrons. The van der Waals surface area contributed by atoms with Crippen LogP contribution in [0, 0.1) is 36.4 Å². The number of aromatic amines is 1. The van der Waals surface area contributed by atoms with Crippen molar-refractivity contribution in [3.63, 3.8) is 0 Å². The highest BCUT2D eigenvalue weighted by atomic mass is 19.1. The van der Waals surface area contributed by atoms with Crippen LogP contribution in [0.5, 0.6) is 5.75 Å². The van der Waals surface area contributed by atoms with Crippen LogP contribution < -0.4 is 15.4 Å². The van der Waals surface area contributed by atoms with Crippen LogP contribution in [0.4, 0.5) is 14.9 Å². The maximum Gasteiger partial charge on any atom is 0.321 e. The van der Waals surface area contributed by atoms with Gasteiger partial charge in [0.15, 0.2) is 0 Å². The van der Waals surface area contributed by atoms with Gasteiger partial charge < -0.3 is 35.3 Å². The lowest BCUT2D eigenvalue weighted by molar-refractivity contribution is 0.121. The van der Waals surface area contributed by atoms with Gasteiger partial charge in [0, 0.05) is 47.9 Å². The summed E-state index contributed by atoms with van der Waals surface area (Å²) in [5.74, 6) is 2.25. The van der Waals surface area contributed by atoms with Crippen molar-refractivity contribution in [2.45, 2.75) is 59.0 Å². The highest BCUT2D eigenvalue weighted by Gasteiger charge is 2.34. The Morgan fingerprint density at radius 2 is 1.80 bits per heavy atom. The molecule has 0 spiro atoms. The van der Waals surface area contributed by atoms with Gasteiger partial charge in [0.05, 0.1) is 18.4 Å². The molecule has 7 rings (SSSR count). The Hall–Kier alpha value is -4.06. The number of urea groups is 1. The number of nitrogens with zero attached hydrogens (tertiary/aromatic N) is 4. The molecular weight excluding hydrogens is 645 g/mol. The van der Waals surface area contributed by atoms with Crippen molar-refractivity contribution < 1.29 is 19.0 Å². The lowest BCUT2D eigenvalue weighted by Gasteiger charge is -2.35. The van der Waals surface area contributed by atoms with E-state index in [1.807, 2.05) is 37.3 Å². The van der Waals surface area contributed by atoms with Crippen molar-refractivity contribution in [2.24, 2.45) is 23.7 Å². The highest BCUT2D eigenvalue weighted by molar-refractivity contribution is 5.97. The van der Waals surface area contributed by atoms with Crippen molar-refractivity contribution in [1.29, 1.82) is 0 Å². The number of amides is 2. The second-order valence-electron chi connectivity index (χ2n) is 15.4. The molecule has 0 aliphatic carbocycles. The molecule has 3 fully saturated rings. The highest BCUT2D eigenvalue weighted by Crippen LogP contribution is 2.35. The molecule has 3 saturated heterocycles. The minimum Gasteiger partial charge on any atom is -0.493 e. The minimum absolute atomic E-state index is 0.0305. The monoisotopic (exact) mass is 697 g/mol. The molecule has 4 N–H and O–H groups in total. The van der Waals surface area contributed by atoms with Crippen LogP contribution in [0.3, 0.4) is 0 Å². The van der Waals surface area contributed by atoms with Gasteiger partial charge in [-0.3, -0.25) is 0 Å². The van der Waals surface area contributed by atoms with E-state index in [4.69, 9.17) is 4.74 Å². The Labute approximate surface area is 300 Å². The first-order valence-corrected chi connectivity index (χ1v) is 18.7. The third-order valence-electron chi connectivity index (χ3n) is 11.1. The summed E-state index contributed by atoms with van der Waals surface area (Å²) in [6, 6.07) is 12.5. The van der Waals surface area contributed by atoms with Gasteiger partial charge >= 0.3 is 6.03 Å². The number of hydrogen-bond acceptors (Lipinski definition) is 7. The largest absolute Gasteiger partial charge is 0.493 e. The van der Waals surface area contributed by atoms with Crippen LogP contribution in [0.15, 0.2) is 48.8 Å². The number of nitrogens with one attached hydrogen (secondary N) is 3. The summed E-state index contributed by atoms with van der Waals surface area (Å²) in [6.45, 7) is 13.4. The molecule has 51 heavy (non-hydrogen) atoms. The first kappa shape index (κ1) is 35.3. The van der Waals surface area contributed by atoms with Gasteiger partial charge in [0.25, 0.3) is 0 Å². The van der Waals surface area contributed by atoms with Crippen LogP contribution >= 0.6 is 0 Å². The normalized spacial score (nSPS) is 20.8. The summed E-state index contributed by atoms with van der Waals surface area (Å²) in [4.78, 5) is 29.9. The lowest BCUT2D eigenvalue weighted by Crippen LogP contribution is -2.41. The number of ether oxygens (including phenoxy) is 1. The fraction of sp³-hybridized carbons (Fsp3) is 0.525. The van der Waals surface area contributed by atoms with Gasteiger partial charge in [-0.2, -0.15) is 0 Å². The number of likely N-dealkylation sites (tertiary alicyclic amines) is 2. The number of rotatable bonds is 10. The van der Waals surface area contributed by atoms with Crippen molar-refractivity contribution >= 4 is 22.8 Å². The number of halogens is 1. The third-order valence-corrected chi connectivity index (χ3v) is 11.1. The molecule has 11 heteroatoms. The number of hydrogen-bond donors (Lipinski definition) is 4. The molecule has 4 aromatic rings. The number of piperidine rings is 2. The standard InChI is InChI=1S/C40H52FN7O3/c1-25(2)16-30-21-48(22-37(30)49)40(50)46-35-18-31(41)17-33(26(35)3)38-34-19-36(45-39(34)44-24-43-38)29-4-6-32(7-5-29)51-23-28-10-14-47(15-11-28)20-27-8-12-42-13-9-27/h4-7,17-19,24-25,27-28,30,37,42,49H,8-16,20-23H2,1-3H3,(H,46,50)(H,43,44,45). The number of fused-ring (bicyclic) bond motifs is 1. The van der Waals surface area contributed by atoms with Gasteiger partial charge in [-0.15, -0.1) is 0 Å². The zero-order valence-electron chi connectivity index (χ0n) is 30.1. The number of H-pyrrole nitrogens is 1. The van der Waals surface area contributed by atoms with Crippen LogP contribution in [0.1, 0.15) is 51.5 Å². The SMILES string of the molecule is Cc1c(NC(=O)N2CC(O)C(CC(C)C)C2)cc(F)cc1-c1ncnc2[nH]c(-c3ccc(OCC4CCN(CC5CCNCC5)CC4)cc3)cc12. The van der Waals surface area contributed by atoms with E-state index >= 15 is 4.39 Å². The first-order valence-electron chi connectivity index (χ1n) is 18.7. The Bertz CT molecular complexity index is 1800. The van der Waals surface area contributed by atoms with Gasteiger partial charge in [0.1, 0.15) is 23.5 Å². The predicted molar refractivity (Wildman–Crippen MR) is 199 cm³/mol. The molecule has 2 atom stereocenters. The second kappa shape index (κ2) is 15.7. The summed E-state index contributed by atoms with van der Waals surface area (Å²) in [7, 11) is 0.